The molecule has 4 nitrogen and oxygen atoms in total. The zero-order valence-electron chi connectivity index (χ0n) is 10.2. The molecule has 0 spiro atoms. The minimum atomic E-state index is 0.723. The van der Waals surface area contributed by atoms with E-state index < -0.39 is 0 Å². The van der Waals surface area contributed by atoms with Gasteiger partial charge in [-0.3, -0.25) is 9.88 Å². The number of rotatable bonds is 3. The lowest BCUT2D eigenvalue weighted by Crippen LogP contribution is -2.33. The van der Waals surface area contributed by atoms with Gasteiger partial charge in [-0.05, 0) is 12.1 Å². The Kier molecular flexibility index (Phi) is 3.36. The van der Waals surface area contributed by atoms with E-state index in [9.17, 15) is 0 Å². The van der Waals surface area contributed by atoms with Crippen LogP contribution in [0.4, 0.5) is 0 Å². The van der Waals surface area contributed by atoms with E-state index in [0.29, 0.717) is 0 Å². The quantitative estimate of drug-likeness (QED) is 0.909. The first-order chi connectivity index (χ1) is 8.86. The summed E-state index contributed by atoms with van der Waals surface area (Å²) in [6.45, 7) is 3.74. The summed E-state index contributed by atoms with van der Waals surface area (Å²) in [5, 5.41) is 1.04. The van der Waals surface area contributed by atoms with E-state index in [1.807, 2.05) is 24.4 Å². The number of nitrogens with two attached hydrogens (primary N) is 1. The van der Waals surface area contributed by atoms with Crippen LogP contribution in [0.15, 0.2) is 24.4 Å². The van der Waals surface area contributed by atoms with Crippen LogP contribution in [-0.4, -0.2) is 34.5 Å². The Morgan fingerprint density at radius 1 is 1.39 bits per heavy atom. The highest BCUT2D eigenvalue weighted by atomic mass is 32.1. The van der Waals surface area contributed by atoms with Gasteiger partial charge in [0.05, 0.1) is 11.4 Å². The second-order valence-electron chi connectivity index (χ2n) is 4.42. The molecule has 2 aromatic heterocycles. The molecule has 0 saturated heterocycles. The highest BCUT2D eigenvalue weighted by molar-refractivity contribution is 7.15. The molecule has 0 saturated carbocycles. The van der Waals surface area contributed by atoms with Crippen molar-refractivity contribution in [1.82, 2.24) is 14.9 Å². The lowest BCUT2D eigenvalue weighted by Gasteiger charge is -2.24. The number of nitrogens with zero attached hydrogens (tertiary/aromatic N) is 3. The number of hydrogen-bond donors (Lipinski definition) is 1. The number of hydrogen-bond acceptors (Lipinski definition) is 5. The predicted molar refractivity (Wildman–Crippen MR) is 73.4 cm³/mol. The largest absolute Gasteiger partial charge is 0.329 e. The standard InChI is InChI=1S/C13H16N4S/c14-5-8-17-7-4-10-12(9-17)18-13(16-10)11-3-1-2-6-15-11/h1-3,6H,4-5,7-9,14H2. The van der Waals surface area contributed by atoms with Crippen molar-refractivity contribution in [3.8, 4) is 10.7 Å². The topological polar surface area (TPSA) is 55.0 Å². The van der Waals surface area contributed by atoms with E-state index in [-0.39, 0.29) is 0 Å². The molecule has 0 amide bonds. The number of thiazole rings is 1. The van der Waals surface area contributed by atoms with Gasteiger partial charge in [-0.2, -0.15) is 0 Å². The molecule has 2 aromatic rings. The molecule has 0 fully saturated rings. The first-order valence-electron chi connectivity index (χ1n) is 6.19. The number of fused-ring (bicyclic) bond motifs is 1. The van der Waals surface area contributed by atoms with E-state index in [1.54, 1.807) is 11.3 Å². The van der Waals surface area contributed by atoms with Gasteiger partial charge in [-0.25, -0.2) is 4.98 Å². The van der Waals surface area contributed by atoms with E-state index in [0.717, 1.165) is 43.3 Å². The van der Waals surface area contributed by atoms with Gasteiger partial charge in [0.1, 0.15) is 5.01 Å². The first kappa shape index (κ1) is 11.8. The highest BCUT2D eigenvalue weighted by Gasteiger charge is 2.20. The van der Waals surface area contributed by atoms with Crippen LogP contribution in [-0.2, 0) is 13.0 Å². The van der Waals surface area contributed by atoms with Gasteiger partial charge >= 0.3 is 0 Å². The lowest BCUT2D eigenvalue weighted by atomic mass is 10.2. The van der Waals surface area contributed by atoms with Crippen LogP contribution < -0.4 is 5.73 Å². The van der Waals surface area contributed by atoms with E-state index >= 15 is 0 Å². The van der Waals surface area contributed by atoms with Crippen molar-refractivity contribution in [1.29, 1.82) is 0 Å². The molecular formula is C13H16N4S. The molecule has 18 heavy (non-hydrogen) atoms. The lowest BCUT2D eigenvalue weighted by molar-refractivity contribution is 0.263. The van der Waals surface area contributed by atoms with Crippen molar-refractivity contribution in [2.24, 2.45) is 5.73 Å². The first-order valence-corrected chi connectivity index (χ1v) is 7.01. The summed E-state index contributed by atoms with van der Waals surface area (Å²) in [5.41, 5.74) is 7.83. The molecule has 0 bridgehead atoms. The van der Waals surface area contributed by atoms with Crippen LogP contribution in [0.2, 0.25) is 0 Å². The van der Waals surface area contributed by atoms with Crippen LogP contribution in [0.1, 0.15) is 10.6 Å². The molecule has 2 N–H and O–H groups in total. The maximum absolute atomic E-state index is 5.61. The van der Waals surface area contributed by atoms with Gasteiger partial charge in [-0.15, -0.1) is 11.3 Å². The van der Waals surface area contributed by atoms with Crippen LogP contribution in [0.3, 0.4) is 0 Å². The average Bonchev–Trinajstić information content (AvgIpc) is 2.83. The Morgan fingerprint density at radius 3 is 3.11 bits per heavy atom. The molecular weight excluding hydrogens is 244 g/mol. The van der Waals surface area contributed by atoms with Crippen LogP contribution in [0, 0.1) is 0 Å². The summed E-state index contributed by atoms with van der Waals surface area (Å²) in [4.78, 5) is 12.8. The van der Waals surface area contributed by atoms with Crippen molar-refractivity contribution >= 4 is 11.3 Å². The molecule has 0 aliphatic carbocycles. The fraction of sp³-hybridized carbons (Fsp3) is 0.385. The normalized spacial score (nSPS) is 15.6. The summed E-state index contributed by atoms with van der Waals surface area (Å²) in [7, 11) is 0. The second-order valence-corrected chi connectivity index (χ2v) is 5.50. The van der Waals surface area contributed by atoms with Gasteiger partial charge in [0, 0.05) is 43.7 Å². The molecule has 1 aliphatic rings. The zero-order valence-corrected chi connectivity index (χ0v) is 11.0. The van der Waals surface area contributed by atoms with Crippen molar-refractivity contribution in [3.05, 3.63) is 35.0 Å². The maximum Gasteiger partial charge on any atom is 0.142 e. The van der Waals surface area contributed by atoms with Crippen molar-refractivity contribution < 1.29 is 0 Å². The highest BCUT2D eigenvalue weighted by Crippen LogP contribution is 2.30. The van der Waals surface area contributed by atoms with Gasteiger partial charge < -0.3 is 5.73 Å². The number of pyridine rings is 1. The number of aromatic nitrogens is 2. The van der Waals surface area contributed by atoms with E-state index in [4.69, 9.17) is 10.7 Å². The van der Waals surface area contributed by atoms with Crippen molar-refractivity contribution in [2.75, 3.05) is 19.6 Å². The maximum atomic E-state index is 5.61. The van der Waals surface area contributed by atoms with Crippen molar-refractivity contribution in [3.63, 3.8) is 0 Å². The smallest absolute Gasteiger partial charge is 0.142 e. The summed E-state index contributed by atoms with van der Waals surface area (Å²) < 4.78 is 0. The van der Waals surface area contributed by atoms with Gasteiger partial charge in [0.25, 0.3) is 0 Å². The summed E-state index contributed by atoms with van der Waals surface area (Å²) in [6, 6.07) is 5.95. The van der Waals surface area contributed by atoms with Crippen LogP contribution in [0.5, 0.6) is 0 Å². The Bertz CT molecular complexity index is 523. The third-order valence-corrected chi connectivity index (χ3v) is 4.24. The Hall–Kier alpha value is -1.30. The Labute approximate surface area is 110 Å². The van der Waals surface area contributed by atoms with Crippen molar-refractivity contribution in [2.45, 2.75) is 13.0 Å². The third kappa shape index (κ3) is 2.29. The third-order valence-electron chi connectivity index (χ3n) is 3.14. The summed E-state index contributed by atoms with van der Waals surface area (Å²) >= 11 is 1.76. The second kappa shape index (κ2) is 5.14. The fourth-order valence-electron chi connectivity index (χ4n) is 2.22. The zero-order chi connectivity index (χ0) is 12.4. The van der Waals surface area contributed by atoms with Crippen LogP contribution >= 0.6 is 11.3 Å². The van der Waals surface area contributed by atoms with Gasteiger partial charge in [0.2, 0.25) is 0 Å². The average molecular weight is 260 g/mol. The fourth-order valence-corrected chi connectivity index (χ4v) is 3.35. The van der Waals surface area contributed by atoms with Gasteiger partial charge in [-0.1, -0.05) is 6.07 Å². The molecule has 0 atom stereocenters. The predicted octanol–water partition coefficient (Wildman–Crippen LogP) is 1.52. The summed E-state index contributed by atoms with van der Waals surface area (Å²) in [5.74, 6) is 0. The molecule has 94 valence electrons. The molecule has 1 aliphatic heterocycles. The van der Waals surface area contributed by atoms with E-state index in [2.05, 4.69) is 9.88 Å². The monoisotopic (exact) mass is 260 g/mol. The molecule has 0 radical (unpaired) electrons. The van der Waals surface area contributed by atoms with Gasteiger partial charge in [0.15, 0.2) is 0 Å². The van der Waals surface area contributed by atoms with Crippen LogP contribution in [0.25, 0.3) is 10.7 Å². The molecule has 0 unspecified atom stereocenters. The minimum absolute atomic E-state index is 0.723. The Morgan fingerprint density at radius 2 is 2.33 bits per heavy atom. The molecule has 3 rings (SSSR count). The molecule has 3 heterocycles. The molecule has 5 heteroatoms. The minimum Gasteiger partial charge on any atom is -0.329 e. The Balaban J connectivity index is 1.85. The summed E-state index contributed by atoms with van der Waals surface area (Å²) in [6.07, 6.45) is 2.84. The van der Waals surface area contributed by atoms with E-state index in [1.165, 1.54) is 10.6 Å². The molecule has 0 aromatic carbocycles. The SMILES string of the molecule is NCCN1CCc2nc(-c3ccccn3)sc2C1.